The minimum absolute atomic E-state index is 0.0829. The Bertz CT molecular complexity index is 879. The van der Waals surface area contributed by atoms with Gasteiger partial charge in [-0.2, -0.15) is 0 Å². The highest BCUT2D eigenvalue weighted by Crippen LogP contribution is 2.37. The number of rotatable bonds is 6. The van der Waals surface area contributed by atoms with E-state index in [4.69, 9.17) is 23.4 Å². The number of fused-ring (bicyclic) bond motifs is 1. The summed E-state index contributed by atoms with van der Waals surface area (Å²) in [5, 5.41) is 0.188. The molecule has 4 atom stereocenters. The SMILES string of the molecule is CC(C)(C)[Si](C)(C)OCc1cccc(O[C@@H]2CCO[C@@H]3CO[C@@H](c4ccccc4)O[C@H]32)c1. The molecular formula is C26H36O5Si. The molecule has 4 rings (SSSR count). The topological polar surface area (TPSA) is 46.2 Å². The van der Waals surface area contributed by atoms with Crippen molar-refractivity contribution in [3.05, 3.63) is 65.7 Å². The maximum Gasteiger partial charge on any atom is 0.192 e. The minimum Gasteiger partial charge on any atom is -0.488 e. The largest absolute Gasteiger partial charge is 0.488 e. The maximum atomic E-state index is 6.44. The van der Waals surface area contributed by atoms with Gasteiger partial charge in [0, 0.05) is 12.0 Å². The molecule has 0 amide bonds. The van der Waals surface area contributed by atoms with E-state index in [1.165, 1.54) is 0 Å². The Kier molecular flexibility index (Phi) is 7.08. The molecule has 2 heterocycles. The van der Waals surface area contributed by atoms with Crippen molar-refractivity contribution in [3.8, 4) is 5.75 Å². The molecule has 2 fully saturated rings. The van der Waals surface area contributed by atoms with Crippen molar-refractivity contribution < 1.29 is 23.4 Å². The maximum absolute atomic E-state index is 6.44. The van der Waals surface area contributed by atoms with Gasteiger partial charge in [0.1, 0.15) is 24.1 Å². The summed E-state index contributed by atoms with van der Waals surface area (Å²) < 4.78 is 31.0. The molecule has 174 valence electrons. The molecule has 2 aromatic carbocycles. The Hall–Kier alpha value is -1.70. The highest BCUT2D eigenvalue weighted by Gasteiger charge is 2.42. The van der Waals surface area contributed by atoms with Gasteiger partial charge in [0.2, 0.25) is 0 Å². The smallest absolute Gasteiger partial charge is 0.192 e. The standard InChI is InChI=1S/C26H36O5Si/c1-26(2,3)32(4,5)29-17-19-10-9-13-21(16-19)30-22-14-15-27-23-18-28-25(31-24(22)23)20-11-7-6-8-12-20/h6-13,16,22-25H,14-15,17-18H2,1-5H3/t22-,23-,24+,25-/m1/s1. The lowest BCUT2D eigenvalue weighted by molar-refractivity contribution is -0.295. The van der Waals surface area contributed by atoms with Crippen LogP contribution in [0.4, 0.5) is 0 Å². The zero-order chi connectivity index (χ0) is 22.8. The van der Waals surface area contributed by atoms with Crippen LogP contribution in [-0.2, 0) is 25.2 Å². The van der Waals surface area contributed by atoms with E-state index in [1.54, 1.807) is 0 Å². The molecule has 0 aliphatic carbocycles. The van der Waals surface area contributed by atoms with Crippen LogP contribution in [0.1, 0.15) is 44.6 Å². The first-order valence-electron chi connectivity index (χ1n) is 11.6. The molecule has 0 bridgehead atoms. The molecule has 6 heteroatoms. The summed E-state index contributed by atoms with van der Waals surface area (Å²) in [5.74, 6) is 0.846. The van der Waals surface area contributed by atoms with Crippen LogP contribution >= 0.6 is 0 Å². The highest BCUT2D eigenvalue weighted by molar-refractivity contribution is 6.74. The molecule has 2 aliphatic heterocycles. The second kappa shape index (κ2) is 9.65. The molecule has 2 aliphatic rings. The van der Waals surface area contributed by atoms with Crippen molar-refractivity contribution in [1.29, 1.82) is 0 Å². The van der Waals surface area contributed by atoms with E-state index in [0.29, 0.717) is 19.8 Å². The van der Waals surface area contributed by atoms with E-state index in [-0.39, 0.29) is 23.4 Å². The minimum atomic E-state index is -1.80. The van der Waals surface area contributed by atoms with Crippen LogP contribution in [-0.4, -0.2) is 39.8 Å². The van der Waals surface area contributed by atoms with Crippen molar-refractivity contribution in [2.45, 2.75) is 76.5 Å². The fourth-order valence-electron chi connectivity index (χ4n) is 3.79. The normalized spacial score (nSPS) is 26.4. The summed E-state index contributed by atoms with van der Waals surface area (Å²) in [6.45, 7) is 13.1. The van der Waals surface area contributed by atoms with Gasteiger partial charge < -0.3 is 23.4 Å². The van der Waals surface area contributed by atoms with Crippen LogP contribution in [0.25, 0.3) is 0 Å². The molecular weight excluding hydrogens is 420 g/mol. The Labute approximate surface area is 193 Å². The second-order valence-electron chi connectivity index (χ2n) is 10.2. The number of ether oxygens (including phenoxy) is 4. The van der Waals surface area contributed by atoms with Gasteiger partial charge in [0.15, 0.2) is 14.6 Å². The third-order valence-corrected chi connectivity index (χ3v) is 11.3. The van der Waals surface area contributed by atoms with Gasteiger partial charge >= 0.3 is 0 Å². The lowest BCUT2D eigenvalue weighted by Gasteiger charge is -2.43. The number of hydrogen-bond acceptors (Lipinski definition) is 5. The van der Waals surface area contributed by atoms with Crippen molar-refractivity contribution in [2.24, 2.45) is 0 Å². The zero-order valence-corrected chi connectivity index (χ0v) is 20.9. The Morgan fingerprint density at radius 3 is 2.53 bits per heavy atom. The van der Waals surface area contributed by atoms with E-state index in [0.717, 1.165) is 23.3 Å². The van der Waals surface area contributed by atoms with Gasteiger partial charge in [0.25, 0.3) is 0 Å². The summed E-state index contributed by atoms with van der Waals surface area (Å²) in [5.41, 5.74) is 2.14. The molecule has 0 aromatic heterocycles. The van der Waals surface area contributed by atoms with Crippen LogP contribution in [0.5, 0.6) is 5.75 Å². The predicted octanol–water partition coefficient (Wildman–Crippen LogP) is 5.86. The van der Waals surface area contributed by atoms with E-state index in [1.807, 2.05) is 42.5 Å². The fraction of sp³-hybridized carbons (Fsp3) is 0.538. The summed E-state index contributed by atoms with van der Waals surface area (Å²) in [6, 6.07) is 18.3. The average Bonchev–Trinajstić information content (AvgIpc) is 2.78. The van der Waals surface area contributed by atoms with Crippen molar-refractivity contribution in [1.82, 2.24) is 0 Å². The van der Waals surface area contributed by atoms with E-state index < -0.39 is 14.6 Å². The van der Waals surface area contributed by atoms with E-state index in [9.17, 15) is 0 Å². The number of hydrogen-bond donors (Lipinski definition) is 0. The first kappa shape index (κ1) is 23.5. The monoisotopic (exact) mass is 456 g/mol. The van der Waals surface area contributed by atoms with Gasteiger partial charge in [-0.05, 0) is 35.8 Å². The molecule has 5 nitrogen and oxygen atoms in total. The second-order valence-corrected chi connectivity index (χ2v) is 15.0. The summed E-state index contributed by atoms with van der Waals surface area (Å²) in [7, 11) is -1.80. The Morgan fingerprint density at radius 1 is 1.00 bits per heavy atom. The van der Waals surface area contributed by atoms with Crippen LogP contribution < -0.4 is 4.74 Å². The van der Waals surface area contributed by atoms with Gasteiger partial charge in [-0.3, -0.25) is 0 Å². The van der Waals surface area contributed by atoms with E-state index >= 15 is 0 Å². The first-order chi connectivity index (χ1) is 15.2. The van der Waals surface area contributed by atoms with Crippen molar-refractivity contribution in [2.75, 3.05) is 13.2 Å². The molecule has 0 N–H and O–H groups in total. The quantitative estimate of drug-likeness (QED) is 0.510. The molecule has 0 unspecified atom stereocenters. The van der Waals surface area contributed by atoms with Gasteiger partial charge in [-0.15, -0.1) is 0 Å². The lowest BCUT2D eigenvalue weighted by atomic mass is 10.0. The van der Waals surface area contributed by atoms with Crippen LogP contribution in [0.2, 0.25) is 18.1 Å². The third kappa shape index (κ3) is 5.43. The molecule has 0 saturated carbocycles. The molecule has 2 aromatic rings. The van der Waals surface area contributed by atoms with Crippen molar-refractivity contribution in [3.63, 3.8) is 0 Å². The molecule has 0 spiro atoms. The summed E-state index contributed by atoms with van der Waals surface area (Å²) in [6.07, 6.45) is 0.0246. The van der Waals surface area contributed by atoms with Crippen molar-refractivity contribution >= 4 is 8.32 Å². The average molecular weight is 457 g/mol. The van der Waals surface area contributed by atoms with E-state index in [2.05, 4.69) is 46.0 Å². The van der Waals surface area contributed by atoms with Crippen LogP contribution in [0.15, 0.2) is 54.6 Å². The van der Waals surface area contributed by atoms with Gasteiger partial charge in [-0.1, -0.05) is 63.2 Å². The molecule has 0 radical (unpaired) electrons. The van der Waals surface area contributed by atoms with Gasteiger partial charge in [-0.25, -0.2) is 0 Å². The molecule has 32 heavy (non-hydrogen) atoms. The summed E-state index contributed by atoms with van der Waals surface area (Å²) >= 11 is 0. The fourth-order valence-corrected chi connectivity index (χ4v) is 4.75. The van der Waals surface area contributed by atoms with Crippen LogP contribution in [0.3, 0.4) is 0 Å². The third-order valence-electron chi connectivity index (χ3n) is 6.82. The lowest BCUT2D eigenvalue weighted by Crippen LogP contribution is -2.54. The number of benzene rings is 2. The zero-order valence-electron chi connectivity index (χ0n) is 19.9. The van der Waals surface area contributed by atoms with Crippen LogP contribution in [0, 0.1) is 0 Å². The summed E-state index contributed by atoms with van der Waals surface area (Å²) in [4.78, 5) is 0. The highest BCUT2D eigenvalue weighted by atomic mass is 28.4. The predicted molar refractivity (Wildman–Crippen MR) is 127 cm³/mol. The first-order valence-corrected chi connectivity index (χ1v) is 14.5. The Balaban J connectivity index is 1.42. The Morgan fingerprint density at radius 2 is 1.78 bits per heavy atom. The molecule has 2 saturated heterocycles. The van der Waals surface area contributed by atoms with Gasteiger partial charge in [0.05, 0.1) is 19.8 Å².